The molecule has 14 rings (SSSR count). The second-order valence-electron chi connectivity index (χ2n) is 21.7. The number of rotatable bonds is 4. The van der Waals surface area contributed by atoms with Crippen LogP contribution in [-0.2, 0) is 16.2 Å². The smallest absolute Gasteiger partial charge is 0.0715 e. The Labute approximate surface area is 395 Å². The molecule has 3 aliphatic carbocycles. The highest BCUT2D eigenvalue weighted by Gasteiger charge is 2.61. The van der Waals surface area contributed by atoms with Crippen molar-refractivity contribution in [3.8, 4) is 11.1 Å². The van der Waals surface area contributed by atoms with Gasteiger partial charge in [0, 0.05) is 39.0 Å². The monoisotopic (exact) mass is 866 g/mol. The minimum absolute atomic E-state index is 0.00551. The van der Waals surface area contributed by atoms with Crippen molar-refractivity contribution >= 4 is 55.1 Å². The summed E-state index contributed by atoms with van der Waals surface area (Å²) in [5.74, 6) is 0. The van der Waals surface area contributed by atoms with Gasteiger partial charge in [0.15, 0.2) is 0 Å². The number of fused-ring (bicyclic) bond motifs is 15. The van der Waals surface area contributed by atoms with Crippen molar-refractivity contribution in [2.24, 2.45) is 0 Å². The maximum Gasteiger partial charge on any atom is 0.0715 e. The SMILES string of the molecule is CC12CCCCC1(C)N(c1ccc3c(c1)C(c1ccccc1)(c1ccccc1)c1cc(N4c5ccc6ccccc6c5C5(C)CCCCC45C)c4ccccc4c1-3)c1ccc3ccccc3c12. The molecule has 2 heteroatoms. The van der Waals surface area contributed by atoms with Gasteiger partial charge in [-0.3, -0.25) is 0 Å². The second kappa shape index (κ2) is 13.7. The van der Waals surface area contributed by atoms with Crippen LogP contribution in [0.3, 0.4) is 0 Å². The first kappa shape index (κ1) is 39.5. The van der Waals surface area contributed by atoms with Crippen molar-refractivity contribution in [1.29, 1.82) is 0 Å². The van der Waals surface area contributed by atoms with E-state index in [0.717, 1.165) is 12.8 Å². The molecule has 328 valence electrons. The van der Waals surface area contributed by atoms with E-state index in [1.807, 2.05) is 0 Å². The molecule has 2 saturated carbocycles. The fourth-order valence-corrected chi connectivity index (χ4v) is 15.5. The molecule has 5 aliphatic rings. The summed E-state index contributed by atoms with van der Waals surface area (Å²) in [7, 11) is 0. The zero-order valence-electron chi connectivity index (χ0n) is 39.4. The summed E-state index contributed by atoms with van der Waals surface area (Å²) in [5.41, 5.74) is 15.7. The molecule has 0 spiro atoms. The molecule has 9 aromatic carbocycles. The Morgan fingerprint density at radius 1 is 0.373 bits per heavy atom. The lowest BCUT2D eigenvalue weighted by Crippen LogP contribution is -2.54. The van der Waals surface area contributed by atoms with Gasteiger partial charge in [0.1, 0.15) is 0 Å². The summed E-state index contributed by atoms with van der Waals surface area (Å²) in [6, 6.07) is 70.7. The van der Waals surface area contributed by atoms with E-state index in [1.165, 1.54) is 138 Å². The van der Waals surface area contributed by atoms with E-state index in [-0.39, 0.29) is 21.9 Å². The summed E-state index contributed by atoms with van der Waals surface area (Å²) in [4.78, 5) is 5.65. The normalized spacial score (nSPS) is 25.4. The van der Waals surface area contributed by atoms with Crippen LogP contribution in [0.2, 0.25) is 0 Å². The van der Waals surface area contributed by atoms with Gasteiger partial charge in [0.25, 0.3) is 0 Å². The van der Waals surface area contributed by atoms with Crippen molar-refractivity contribution < 1.29 is 0 Å². The maximum atomic E-state index is 2.85. The quantitative estimate of drug-likeness (QED) is 0.174. The summed E-state index contributed by atoms with van der Waals surface area (Å²) >= 11 is 0. The average Bonchev–Trinajstić information content (AvgIpc) is 3.87. The Hall–Kier alpha value is -6.64. The lowest BCUT2D eigenvalue weighted by atomic mass is 9.61. The first-order valence-corrected chi connectivity index (χ1v) is 25.2. The summed E-state index contributed by atoms with van der Waals surface area (Å²) in [6.45, 7) is 10.4. The predicted molar refractivity (Wildman–Crippen MR) is 282 cm³/mol. The largest absolute Gasteiger partial charge is 0.334 e. The second-order valence-corrected chi connectivity index (χ2v) is 21.7. The van der Waals surface area contributed by atoms with E-state index in [0.29, 0.717) is 0 Å². The molecule has 2 heterocycles. The van der Waals surface area contributed by atoms with E-state index in [2.05, 4.69) is 219 Å². The summed E-state index contributed by atoms with van der Waals surface area (Å²) in [6.07, 6.45) is 9.67. The Morgan fingerprint density at radius 3 is 1.43 bits per heavy atom. The van der Waals surface area contributed by atoms with Gasteiger partial charge >= 0.3 is 0 Å². The van der Waals surface area contributed by atoms with Crippen LogP contribution in [0.1, 0.15) is 112 Å². The third kappa shape index (κ3) is 4.82. The number of hydrogen-bond donors (Lipinski definition) is 0. The van der Waals surface area contributed by atoms with E-state index >= 15 is 0 Å². The van der Waals surface area contributed by atoms with Gasteiger partial charge in [-0.2, -0.15) is 0 Å². The fourth-order valence-electron chi connectivity index (χ4n) is 15.5. The highest BCUT2D eigenvalue weighted by atomic mass is 15.3. The molecule has 2 fully saturated rings. The number of anilines is 4. The van der Waals surface area contributed by atoms with E-state index in [1.54, 1.807) is 0 Å². The molecule has 2 nitrogen and oxygen atoms in total. The van der Waals surface area contributed by atoms with Crippen molar-refractivity contribution in [1.82, 2.24) is 0 Å². The number of nitrogens with zero attached hydrogens (tertiary/aromatic N) is 2. The molecule has 4 unspecified atom stereocenters. The van der Waals surface area contributed by atoms with Gasteiger partial charge in [-0.05, 0) is 141 Å². The van der Waals surface area contributed by atoms with Crippen LogP contribution in [0.5, 0.6) is 0 Å². The molecule has 0 radical (unpaired) electrons. The highest BCUT2D eigenvalue weighted by molar-refractivity contribution is 6.11. The lowest BCUT2D eigenvalue weighted by molar-refractivity contribution is 0.196. The van der Waals surface area contributed by atoms with Gasteiger partial charge < -0.3 is 9.80 Å². The summed E-state index contributed by atoms with van der Waals surface area (Å²) < 4.78 is 0. The zero-order valence-corrected chi connectivity index (χ0v) is 39.4. The topological polar surface area (TPSA) is 6.48 Å². The van der Waals surface area contributed by atoms with E-state index < -0.39 is 5.41 Å². The molecule has 0 N–H and O–H groups in total. The molecule has 0 aromatic heterocycles. The van der Waals surface area contributed by atoms with Gasteiger partial charge in [0.2, 0.25) is 0 Å². The minimum Gasteiger partial charge on any atom is -0.334 e. The third-order valence-corrected chi connectivity index (χ3v) is 19.0. The molecule has 4 atom stereocenters. The van der Waals surface area contributed by atoms with Crippen LogP contribution in [0.4, 0.5) is 22.7 Å². The molecule has 67 heavy (non-hydrogen) atoms. The lowest BCUT2D eigenvalue weighted by Gasteiger charge is -2.51. The number of hydrogen-bond acceptors (Lipinski definition) is 2. The molecular weight excluding hydrogens is 809 g/mol. The Kier molecular flexibility index (Phi) is 8.10. The summed E-state index contributed by atoms with van der Waals surface area (Å²) in [5, 5.41) is 8.16. The zero-order chi connectivity index (χ0) is 44.9. The fraction of sp³-hybridized carbons (Fsp3) is 0.262. The number of benzene rings is 9. The van der Waals surface area contributed by atoms with Gasteiger partial charge in [-0.25, -0.2) is 0 Å². The van der Waals surface area contributed by atoms with Crippen molar-refractivity contribution in [3.63, 3.8) is 0 Å². The van der Waals surface area contributed by atoms with E-state index in [9.17, 15) is 0 Å². The maximum absolute atomic E-state index is 2.85. The van der Waals surface area contributed by atoms with Gasteiger partial charge in [0.05, 0.1) is 16.5 Å². The highest BCUT2D eigenvalue weighted by Crippen LogP contribution is 2.67. The minimum atomic E-state index is -0.590. The van der Waals surface area contributed by atoms with Crippen LogP contribution in [0, 0.1) is 0 Å². The Morgan fingerprint density at radius 2 is 0.851 bits per heavy atom. The first-order chi connectivity index (χ1) is 32.7. The van der Waals surface area contributed by atoms with Crippen LogP contribution in [0.15, 0.2) is 182 Å². The van der Waals surface area contributed by atoms with Crippen molar-refractivity contribution in [2.75, 3.05) is 9.80 Å². The van der Waals surface area contributed by atoms with Gasteiger partial charge in [-0.1, -0.05) is 191 Å². The molecule has 0 saturated heterocycles. The van der Waals surface area contributed by atoms with Crippen LogP contribution < -0.4 is 9.80 Å². The molecule has 0 amide bonds. The van der Waals surface area contributed by atoms with Crippen LogP contribution in [-0.4, -0.2) is 11.1 Å². The van der Waals surface area contributed by atoms with Crippen LogP contribution >= 0.6 is 0 Å². The average molecular weight is 867 g/mol. The standard InChI is InChI=1S/C65H58N2/c1-61-37-17-19-39-63(61,3)66(55-35-31-43-21-11-13-27-48(43)59(55)61)47-33-34-52-53(41-47)65(45-23-7-5-8-24-45,46-25-9-6-10-26-46)54-42-57(50-29-15-16-30-51(50)58(52)54)67-56-36-32-44-22-12-14-28-49(44)60(56)62(2)38-18-20-40-64(62,67)4/h5-16,21-36,41-42H,17-20,37-40H2,1-4H3. The van der Waals surface area contributed by atoms with E-state index in [4.69, 9.17) is 0 Å². The van der Waals surface area contributed by atoms with Crippen molar-refractivity contribution in [3.05, 3.63) is 215 Å². The third-order valence-electron chi connectivity index (χ3n) is 19.0. The molecule has 9 aromatic rings. The first-order valence-electron chi connectivity index (χ1n) is 25.2. The molecule has 2 aliphatic heterocycles. The van der Waals surface area contributed by atoms with Crippen molar-refractivity contribution in [2.45, 2.75) is 106 Å². The van der Waals surface area contributed by atoms with Gasteiger partial charge in [-0.15, -0.1) is 0 Å². The Bertz CT molecular complexity index is 3480. The Balaban J connectivity index is 1.08. The molecule has 0 bridgehead atoms. The van der Waals surface area contributed by atoms with Crippen LogP contribution in [0.25, 0.3) is 43.4 Å². The predicted octanol–water partition coefficient (Wildman–Crippen LogP) is 17.0. The molecular formula is C65H58N2.